The summed E-state index contributed by atoms with van der Waals surface area (Å²) in [5.41, 5.74) is 2.12. The number of hydrogen-bond donors (Lipinski definition) is 2. The lowest BCUT2D eigenvalue weighted by molar-refractivity contribution is -0.127. The summed E-state index contributed by atoms with van der Waals surface area (Å²) >= 11 is 1.51. The lowest BCUT2D eigenvalue weighted by atomic mass is 9.85. The molecule has 4 nitrogen and oxygen atoms in total. The van der Waals surface area contributed by atoms with Crippen molar-refractivity contribution in [2.24, 2.45) is 10.5 Å². The van der Waals surface area contributed by atoms with Crippen LogP contribution in [-0.4, -0.2) is 23.3 Å². The largest absolute Gasteiger partial charge is 0.395 e. The second-order valence-electron chi connectivity index (χ2n) is 3.37. The van der Waals surface area contributed by atoms with Crippen LogP contribution in [0.4, 0.5) is 0 Å². The van der Waals surface area contributed by atoms with Crippen molar-refractivity contribution in [3.8, 4) is 0 Å². The van der Waals surface area contributed by atoms with E-state index in [0.29, 0.717) is 5.71 Å². The molecule has 1 aromatic rings. The molecule has 1 aliphatic heterocycles. The van der Waals surface area contributed by atoms with Gasteiger partial charge in [-0.15, -0.1) is 11.3 Å². The number of carbonyl (C=O) groups excluding carboxylic acids is 1. The number of nitrogens with zero attached hydrogens (tertiary/aromatic N) is 1. The molecular formula is C9H10N2O2S. The minimum absolute atomic E-state index is 0.227. The van der Waals surface area contributed by atoms with Crippen molar-refractivity contribution < 1.29 is 9.90 Å². The van der Waals surface area contributed by atoms with E-state index in [1.165, 1.54) is 11.3 Å². The molecule has 2 heterocycles. The van der Waals surface area contributed by atoms with E-state index in [-0.39, 0.29) is 12.5 Å². The highest BCUT2D eigenvalue weighted by Gasteiger charge is 2.43. The van der Waals surface area contributed by atoms with Crippen LogP contribution < -0.4 is 5.43 Å². The Balaban J connectivity index is 2.42. The van der Waals surface area contributed by atoms with E-state index < -0.39 is 5.41 Å². The van der Waals surface area contributed by atoms with Gasteiger partial charge in [0.15, 0.2) is 0 Å². The zero-order valence-corrected chi connectivity index (χ0v) is 8.47. The molecule has 0 radical (unpaired) electrons. The molecule has 74 valence electrons. The van der Waals surface area contributed by atoms with Gasteiger partial charge in [-0.2, -0.15) is 5.10 Å². The van der Waals surface area contributed by atoms with E-state index in [0.717, 1.165) is 4.88 Å². The number of thiophene rings is 1. The Kier molecular flexibility index (Phi) is 2.13. The lowest BCUT2D eigenvalue weighted by Crippen LogP contribution is -2.38. The molecule has 0 aliphatic carbocycles. The van der Waals surface area contributed by atoms with Crippen LogP contribution in [-0.2, 0) is 4.79 Å². The van der Waals surface area contributed by atoms with Gasteiger partial charge in [0.1, 0.15) is 5.41 Å². The minimum atomic E-state index is -0.898. The highest BCUT2D eigenvalue weighted by atomic mass is 32.1. The monoisotopic (exact) mass is 210 g/mol. The topological polar surface area (TPSA) is 61.7 Å². The van der Waals surface area contributed by atoms with Crippen LogP contribution in [0.1, 0.15) is 11.8 Å². The predicted octanol–water partition coefficient (Wildman–Crippen LogP) is 0.581. The van der Waals surface area contributed by atoms with Gasteiger partial charge in [-0.3, -0.25) is 4.79 Å². The number of nitrogens with one attached hydrogen (secondary N) is 1. The molecule has 0 saturated heterocycles. The Hall–Kier alpha value is -1.20. The first-order valence-corrected chi connectivity index (χ1v) is 5.10. The summed E-state index contributed by atoms with van der Waals surface area (Å²) in [5, 5.41) is 15.1. The summed E-state index contributed by atoms with van der Waals surface area (Å²) in [6.07, 6.45) is 0. The molecule has 2 rings (SSSR count). The van der Waals surface area contributed by atoms with Crippen LogP contribution in [0, 0.1) is 5.41 Å². The van der Waals surface area contributed by atoms with E-state index in [1.807, 2.05) is 17.5 Å². The fourth-order valence-electron chi connectivity index (χ4n) is 1.35. The molecule has 1 atom stereocenters. The molecule has 0 aromatic carbocycles. The Labute approximate surface area is 85.3 Å². The van der Waals surface area contributed by atoms with E-state index in [9.17, 15) is 9.90 Å². The smallest absolute Gasteiger partial charge is 0.254 e. The highest BCUT2D eigenvalue weighted by molar-refractivity contribution is 7.12. The fraction of sp³-hybridized carbons (Fsp3) is 0.333. The van der Waals surface area contributed by atoms with Crippen LogP contribution in [0.2, 0.25) is 0 Å². The molecule has 5 heteroatoms. The number of aliphatic hydroxyl groups is 1. The standard InChI is InChI=1S/C9H10N2O2S/c1-9(5-12)7(10-11-8(9)13)6-3-2-4-14-6/h2-4,12H,5H2,1H3,(H,11,13). The van der Waals surface area contributed by atoms with Crippen molar-refractivity contribution in [2.75, 3.05) is 6.61 Å². The molecule has 1 aromatic heterocycles. The van der Waals surface area contributed by atoms with Gasteiger partial charge in [0, 0.05) is 0 Å². The number of hydrogen-bond acceptors (Lipinski definition) is 4. The molecule has 1 unspecified atom stereocenters. The maximum atomic E-state index is 11.5. The van der Waals surface area contributed by atoms with Gasteiger partial charge >= 0.3 is 0 Å². The molecule has 1 amide bonds. The first kappa shape index (κ1) is 9.36. The van der Waals surface area contributed by atoms with Gasteiger partial charge in [-0.05, 0) is 18.4 Å². The van der Waals surface area contributed by atoms with Crippen LogP contribution in [0.15, 0.2) is 22.6 Å². The fourth-order valence-corrected chi connectivity index (χ4v) is 2.19. The minimum Gasteiger partial charge on any atom is -0.395 e. The number of rotatable bonds is 2. The molecule has 14 heavy (non-hydrogen) atoms. The zero-order chi connectivity index (χ0) is 10.2. The van der Waals surface area contributed by atoms with Crippen LogP contribution >= 0.6 is 11.3 Å². The molecule has 0 saturated carbocycles. The summed E-state index contributed by atoms with van der Waals surface area (Å²) < 4.78 is 0. The van der Waals surface area contributed by atoms with Gasteiger partial charge in [-0.25, -0.2) is 5.43 Å². The van der Waals surface area contributed by atoms with Gasteiger partial charge < -0.3 is 5.11 Å². The highest BCUT2D eigenvalue weighted by Crippen LogP contribution is 2.29. The third-order valence-corrected chi connectivity index (χ3v) is 3.24. The van der Waals surface area contributed by atoms with Crippen molar-refractivity contribution in [1.29, 1.82) is 0 Å². The van der Waals surface area contributed by atoms with Crippen molar-refractivity contribution >= 4 is 23.0 Å². The predicted molar refractivity (Wildman–Crippen MR) is 54.2 cm³/mol. The first-order chi connectivity index (χ1) is 6.68. The molecule has 0 fully saturated rings. The maximum absolute atomic E-state index is 11.5. The molecule has 2 N–H and O–H groups in total. The van der Waals surface area contributed by atoms with E-state index in [4.69, 9.17) is 0 Å². The number of amides is 1. The summed E-state index contributed by atoms with van der Waals surface area (Å²) in [7, 11) is 0. The average molecular weight is 210 g/mol. The summed E-state index contributed by atoms with van der Waals surface area (Å²) in [6, 6.07) is 3.78. The van der Waals surface area contributed by atoms with Crippen LogP contribution in [0.25, 0.3) is 0 Å². The zero-order valence-electron chi connectivity index (χ0n) is 7.65. The maximum Gasteiger partial charge on any atom is 0.254 e. The number of hydrazone groups is 1. The van der Waals surface area contributed by atoms with Crippen LogP contribution in [0.5, 0.6) is 0 Å². The summed E-state index contributed by atoms with van der Waals surface area (Å²) in [5.74, 6) is -0.247. The number of aliphatic hydroxyl groups excluding tert-OH is 1. The average Bonchev–Trinajstić information content (AvgIpc) is 2.77. The second-order valence-corrected chi connectivity index (χ2v) is 4.32. The molecule has 0 bridgehead atoms. The molecular weight excluding hydrogens is 200 g/mol. The van der Waals surface area contributed by atoms with Crippen molar-refractivity contribution in [2.45, 2.75) is 6.92 Å². The van der Waals surface area contributed by atoms with Gasteiger partial charge in [0.2, 0.25) is 0 Å². The van der Waals surface area contributed by atoms with Crippen molar-refractivity contribution in [3.63, 3.8) is 0 Å². The van der Waals surface area contributed by atoms with E-state index in [2.05, 4.69) is 10.5 Å². The van der Waals surface area contributed by atoms with Gasteiger partial charge in [-0.1, -0.05) is 6.07 Å². The summed E-state index contributed by atoms with van der Waals surface area (Å²) in [6.45, 7) is 1.46. The molecule has 0 spiro atoms. The number of carbonyl (C=O) groups is 1. The van der Waals surface area contributed by atoms with Crippen molar-refractivity contribution in [1.82, 2.24) is 5.43 Å². The Morgan fingerprint density at radius 3 is 3.07 bits per heavy atom. The SMILES string of the molecule is CC1(CO)C(=O)NN=C1c1cccs1. The molecule has 1 aliphatic rings. The third kappa shape index (κ3) is 1.17. The van der Waals surface area contributed by atoms with Crippen LogP contribution in [0.3, 0.4) is 0 Å². The van der Waals surface area contributed by atoms with E-state index in [1.54, 1.807) is 6.92 Å². The van der Waals surface area contributed by atoms with Gasteiger partial charge in [0.05, 0.1) is 17.2 Å². The van der Waals surface area contributed by atoms with Crippen molar-refractivity contribution in [3.05, 3.63) is 22.4 Å². The second kappa shape index (κ2) is 3.18. The Morgan fingerprint density at radius 1 is 1.71 bits per heavy atom. The lowest BCUT2D eigenvalue weighted by Gasteiger charge is -2.18. The Bertz CT molecular complexity index is 386. The first-order valence-electron chi connectivity index (χ1n) is 4.22. The third-order valence-electron chi connectivity index (χ3n) is 2.36. The summed E-state index contributed by atoms with van der Waals surface area (Å²) in [4.78, 5) is 12.4. The van der Waals surface area contributed by atoms with E-state index >= 15 is 0 Å². The normalized spacial score (nSPS) is 26.1. The quantitative estimate of drug-likeness (QED) is 0.750. The van der Waals surface area contributed by atoms with Gasteiger partial charge in [0.25, 0.3) is 5.91 Å². The Morgan fingerprint density at radius 2 is 2.50 bits per heavy atom.